The minimum absolute atomic E-state index is 0.227. The first-order chi connectivity index (χ1) is 12.7. The average molecular weight is 457 g/mol. The molecule has 28 heavy (non-hydrogen) atoms. The summed E-state index contributed by atoms with van der Waals surface area (Å²) < 4.78 is 29.7. The number of hydrogen-bond donors (Lipinski definition) is 1. The van der Waals surface area contributed by atoms with Gasteiger partial charge in [-0.25, -0.2) is 4.57 Å². The van der Waals surface area contributed by atoms with E-state index in [4.69, 9.17) is 13.2 Å². The molecule has 0 rings (SSSR count). The lowest BCUT2D eigenvalue weighted by Crippen LogP contribution is -2.44. The molecule has 0 aromatic heterocycles. The second-order valence-electron chi connectivity index (χ2n) is 9.70. The Morgan fingerprint density at radius 1 is 0.821 bits per heavy atom. The van der Waals surface area contributed by atoms with Crippen LogP contribution in [-0.4, -0.2) is 66.4 Å². The molecule has 170 valence electrons. The maximum absolute atomic E-state index is 12.1. The van der Waals surface area contributed by atoms with Gasteiger partial charge >= 0.3 is 7.82 Å². The van der Waals surface area contributed by atoms with Gasteiger partial charge in [0.05, 0.1) is 27.2 Å². The Kier molecular flexibility index (Phi) is 13.2. The highest BCUT2D eigenvalue weighted by molar-refractivity contribution is 7.47. The van der Waals surface area contributed by atoms with Crippen molar-refractivity contribution in [2.45, 2.75) is 84.2 Å². The number of rotatable bonds is 17. The lowest BCUT2D eigenvalue weighted by molar-refractivity contribution is -0.890. The Labute approximate surface area is 176 Å². The molecule has 0 spiro atoms. The fourth-order valence-corrected chi connectivity index (χ4v) is 13.0. The Hall–Kier alpha value is 0.464. The average Bonchev–Trinajstić information content (AvgIpc) is 2.54. The topological polar surface area (TPSA) is 65.0 Å². The van der Waals surface area contributed by atoms with E-state index in [-0.39, 0.29) is 13.2 Å². The lowest BCUT2D eigenvalue weighted by atomic mass is 10.3. The predicted molar refractivity (Wildman–Crippen MR) is 124 cm³/mol. The maximum Gasteiger partial charge on any atom is 0.472 e. The van der Waals surface area contributed by atoms with Crippen LogP contribution in [0.25, 0.3) is 0 Å². The van der Waals surface area contributed by atoms with E-state index >= 15 is 0 Å². The van der Waals surface area contributed by atoms with Crippen molar-refractivity contribution in [1.82, 2.24) is 0 Å². The predicted octanol–water partition coefficient (Wildman–Crippen LogP) is 5.61. The van der Waals surface area contributed by atoms with Gasteiger partial charge in [0, 0.05) is 0 Å². The zero-order valence-corrected chi connectivity index (χ0v) is 22.6. The van der Waals surface area contributed by atoms with Crippen molar-refractivity contribution in [2.75, 3.05) is 40.4 Å². The summed E-state index contributed by atoms with van der Waals surface area (Å²) in [6.45, 7) is 15.6. The van der Waals surface area contributed by atoms with E-state index in [1.807, 2.05) is 0 Å². The van der Waals surface area contributed by atoms with Crippen LogP contribution in [0.3, 0.4) is 0 Å². The lowest BCUT2D eigenvalue weighted by Gasteiger charge is -2.34. The zero-order valence-electron chi connectivity index (χ0n) is 19.8. The van der Waals surface area contributed by atoms with Crippen LogP contribution < -0.4 is 0 Å². The molecular formula is C19H47NO5PSi2+. The standard InChI is InChI=1S/C19H46NO5PSi2/c1-9-11-14-20(3,4)15-17-24-26(21,22)23-16-13-19-28(7,8)25-27(5,6)18-12-10-2/h9-19H2,1-8H3/p+1. The first-order valence-corrected chi connectivity index (χ1v) is 18.6. The first-order valence-electron chi connectivity index (χ1n) is 10.9. The molecule has 0 aliphatic rings. The highest BCUT2D eigenvalue weighted by Gasteiger charge is 2.32. The molecule has 1 atom stereocenters. The van der Waals surface area contributed by atoms with Crippen LogP contribution in [-0.2, 0) is 17.7 Å². The molecule has 0 radical (unpaired) electrons. The second kappa shape index (κ2) is 13.0. The van der Waals surface area contributed by atoms with E-state index in [2.05, 4.69) is 54.1 Å². The van der Waals surface area contributed by atoms with Crippen LogP contribution in [0, 0.1) is 0 Å². The summed E-state index contributed by atoms with van der Waals surface area (Å²) in [7, 11) is -3.14. The van der Waals surface area contributed by atoms with Gasteiger partial charge in [-0.3, -0.25) is 9.05 Å². The molecule has 6 nitrogen and oxygen atoms in total. The third-order valence-electron chi connectivity index (χ3n) is 4.93. The Balaban J connectivity index is 4.17. The summed E-state index contributed by atoms with van der Waals surface area (Å²) in [5, 5.41) is 0. The van der Waals surface area contributed by atoms with Gasteiger partial charge in [0.15, 0.2) is 16.6 Å². The number of likely N-dealkylation sites (N-methyl/N-ethyl adjacent to an activating group) is 1. The zero-order chi connectivity index (χ0) is 21.9. The Morgan fingerprint density at radius 3 is 1.86 bits per heavy atom. The molecule has 1 N–H and O–H groups in total. The summed E-state index contributed by atoms with van der Waals surface area (Å²) >= 11 is 0. The number of unbranched alkanes of at least 4 members (excludes halogenated alkanes) is 2. The van der Waals surface area contributed by atoms with Gasteiger partial charge in [-0.15, -0.1) is 0 Å². The summed E-state index contributed by atoms with van der Waals surface area (Å²) in [4.78, 5) is 9.89. The van der Waals surface area contributed by atoms with Crippen molar-refractivity contribution in [3.63, 3.8) is 0 Å². The SMILES string of the molecule is CCCC[N+](C)(C)CCOP(=O)(O)OCCC[Si](C)(C)O[Si](C)(C)CCCC. The number of phosphoric acid groups is 1. The van der Waals surface area contributed by atoms with E-state index in [9.17, 15) is 9.46 Å². The molecule has 0 aliphatic carbocycles. The molecule has 0 aliphatic heterocycles. The van der Waals surface area contributed by atoms with Crippen LogP contribution in [0.4, 0.5) is 0 Å². The summed E-state index contributed by atoms with van der Waals surface area (Å²) in [5.74, 6) is 0. The summed E-state index contributed by atoms with van der Waals surface area (Å²) in [5.41, 5.74) is 0. The van der Waals surface area contributed by atoms with Crippen LogP contribution in [0.2, 0.25) is 38.3 Å². The first kappa shape index (κ1) is 28.5. The normalized spacial score (nSPS) is 15.6. The van der Waals surface area contributed by atoms with Crippen molar-refractivity contribution >= 4 is 24.5 Å². The van der Waals surface area contributed by atoms with Crippen molar-refractivity contribution in [3.05, 3.63) is 0 Å². The van der Waals surface area contributed by atoms with Gasteiger partial charge in [-0.05, 0) is 51.1 Å². The maximum atomic E-state index is 12.1. The van der Waals surface area contributed by atoms with Crippen LogP contribution in [0.1, 0.15) is 46.0 Å². The van der Waals surface area contributed by atoms with Crippen molar-refractivity contribution in [1.29, 1.82) is 0 Å². The van der Waals surface area contributed by atoms with E-state index in [0.717, 1.165) is 36.3 Å². The number of phosphoric ester groups is 1. The smallest absolute Gasteiger partial charge is 0.455 e. The van der Waals surface area contributed by atoms with Crippen molar-refractivity contribution in [3.8, 4) is 0 Å². The van der Waals surface area contributed by atoms with Crippen LogP contribution >= 0.6 is 7.82 Å². The summed E-state index contributed by atoms with van der Waals surface area (Å²) in [6.07, 6.45) is 5.44. The van der Waals surface area contributed by atoms with Gasteiger partial charge < -0.3 is 13.5 Å². The molecule has 0 bridgehead atoms. The monoisotopic (exact) mass is 456 g/mol. The number of nitrogens with zero attached hydrogens (tertiary/aromatic N) is 1. The van der Waals surface area contributed by atoms with Crippen LogP contribution in [0.5, 0.6) is 0 Å². The molecule has 1 unspecified atom stereocenters. The van der Waals surface area contributed by atoms with E-state index in [0.29, 0.717) is 6.54 Å². The largest absolute Gasteiger partial charge is 0.472 e. The highest BCUT2D eigenvalue weighted by Crippen LogP contribution is 2.43. The molecule has 9 heteroatoms. The fraction of sp³-hybridized carbons (Fsp3) is 1.00. The Morgan fingerprint density at radius 2 is 1.32 bits per heavy atom. The van der Waals surface area contributed by atoms with Gasteiger partial charge in [0.25, 0.3) is 0 Å². The number of hydrogen-bond acceptors (Lipinski definition) is 4. The van der Waals surface area contributed by atoms with E-state index < -0.39 is 24.5 Å². The molecule has 0 heterocycles. The number of quaternary nitrogens is 1. The van der Waals surface area contributed by atoms with Gasteiger partial charge in [0.2, 0.25) is 0 Å². The minimum atomic E-state index is -3.97. The van der Waals surface area contributed by atoms with Crippen molar-refractivity contribution in [2.24, 2.45) is 0 Å². The molecule has 0 aromatic rings. The Bertz CT molecular complexity index is 475. The highest BCUT2D eigenvalue weighted by atomic mass is 31.2. The second-order valence-corrected chi connectivity index (χ2v) is 20.0. The molecule has 0 saturated carbocycles. The summed E-state index contributed by atoms with van der Waals surface area (Å²) in [6, 6.07) is 2.12. The third-order valence-corrected chi connectivity index (χ3v) is 13.5. The van der Waals surface area contributed by atoms with E-state index in [1.165, 1.54) is 18.9 Å². The third kappa shape index (κ3) is 15.3. The molecule has 0 fully saturated rings. The quantitative estimate of drug-likeness (QED) is 0.133. The molecular weight excluding hydrogens is 409 g/mol. The minimum Gasteiger partial charge on any atom is -0.455 e. The molecule has 0 saturated heterocycles. The van der Waals surface area contributed by atoms with E-state index in [1.54, 1.807) is 0 Å². The fourth-order valence-electron chi connectivity index (χ4n) is 3.27. The molecule has 0 amide bonds. The molecule has 0 aromatic carbocycles. The van der Waals surface area contributed by atoms with Crippen LogP contribution in [0.15, 0.2) is 0 Å². The van der Waals surface area contributed by atoms with Crippen molar-refractivity contribution < 1.29 is 27.1 Å². The van der Waals surface area contributed by atoms with Gasteiger partial charge in [-0.2, -0.15) is 0 Å². The van der Waals surface area contributed by atoms with Gasteiger partial charge in [0.1, 0.15) is 13.2 Å². The van der Waals surface area contributed by atoms with Gasteiger partial charge in [-0.1, -0.05) is 33.1 Å².